The summed E-state index contributed by atoms with van der Waals surface area (Å²) in [6, 6.07) is 7.39. The van der Waals surface area contributed by atoms with Crippen LogP contribution in [0.3, 0.4) is 0 Å². The van der Waals surface area contributed by atoms with E-state index < -0.39 is 0 Å². The van der Waals surface area contributed by atoms with Gasteiger partial charge in [0.1, 0.15) is 0 Å². The fraction of sp³-hybridized carbons (Fsp3) is 0.435. The first-order valence-corrected chi connectivity index (χ1v) is 11.7. The monoisotopic (exact) mass is 441 g/mol. The van der Waals surface area contributed by atoms with Crippen LogP contribution in [-0.2, 0) is 6.42 Å². The summed E-state index contributed by atoms with van der Waals surface area (Å²) in [5, 5.41) is 8.09. The first kappa shape index (κ1) is 21.4. The summed E-state index contributed by atoms with van der Waals surface area (Å²) in [7, 11) is 0. The number of carbonyl (C=O) groups excluding carboxylic acids is 1. The van der Waals surface area contributed by atoms with Crippen LogP contribution in [0, 0.1) is 5.92 Å². The Bertz CT molecular complexity index is 1000. The third-order valence-corrected chi connectivity index (χ3v) is 5.99. The summed E-state index contributed by atoms with van der Waals surface area (Å²) in [4.78, 5) is 19.6. The Balaban J connectivity index is 1.42. The predicted molar refractivity (Wildman–Crippen MR) is 119 cm³/mol. The Kier molecular flexibility index (Phi) is 6.86. The molecule has 7 nitrogen and oxygen atoms in total. The molecule has 1 aliphatic heterocycles. The van der Waals surface area contributed by atoms with E-state index in [0.29, 0.717) is 60.9 Å². The molecule has 1 aliphatic rings. The fourth-order valence-corrected chi connectivity index (χ4v) is 4.51. The van der Waals surface area contributed by atoms with E-state index in [2.05, 4.69) is 10.1 Å². The second kappa shape index (κ2) is 9.96. The quantitative estimate of drug-likeness (QED) is 0.505. The van der Waals surface area contributed by atoms with Crippen LogP contribution in [0.5, 0.6) is 11.5 Å². The molecule has 0 bridgehead atoms. The van der Waals surface area contributed by atoms with Crippen molar-refractivity contribution in [2.45, 2.75) is 33.1 Å². The Morgan fingerprint density at radius 2 is 2.06 bits per heavy atom. The van der Waals surface area contributed by atoms with Crippen molar-refractivity contribution >= 4 is 17.2 Å². The van der Waals surface area contributed by atoms with Gasteiger partial charge in [0.25, 0.3) is 5.91 Å². The van der Waals surface area contributed by atoms with Gasteiger partial charge in [0.2, 0.25) is 11.7 Å². The van der Waals surface area contributed by atoms with Gasteiger partial charge < -0.3 is 18.9 Å². The standard InChI is InChI=1S/C23H27N3O4S/c1-3-28-19-8-7-17(13-20(19)29-4-2)23(27)26-10-5-6-16(14-26)12-21-24-22(25-30-21)18-9-11-31-15-18/h7-9,11,13,15-16H,3-6,10,12,14H2,1-2H3. The van der Waals surface area contributed by atoms with Crippen LogP contribution in [0.15, 0.2) is 39.5 Å². The highest BCUT2D eigenvalue weighted by Crippen LogP contribution is 2.30. The highest BCUT2D eigenvalue weighted by atomic mass is 32.1. The van der Waals surface area contributed by atoms with Gasteiger partial charge in [-0.25, -0.2) is 0 Å². The summed E-state index contributed by atoms with van der Waals surface area (Å²) < 4.78 is 16.7. The van der Waals surface area contributed by atoms with Crippen molar-refractivity contribution in [3.05, 3.63) is 46.5 Å². The number of rotatable bonds is 8. The molecule has 1 aromatic carbocycles. The smallest absolute Gasteiger partial charge is 0.254 e. The minimum absolute atomic E-state index is 0.0122. The molecule has 3 aromatic rings. The van der Waals surface area contributed by atoms with Gasteiger partial charge in [-0.2, -0.15) is 16.3 Å². The highest BCUT2D eigenvalue weighted by Gasteiger charge is 2.27. The lowest BCUT2D eigenvalue weighted by Crippen LogP contribution is -2.40. The van der Waals surface area contributed by atoms with E-state index in [0.717, 1.165) is 24.9 Å². The van der Waals surface area contributed by atoms with Gasteiger partial charge in [-0.3, -0.25) is 4.79 Å². The summed E-state index contributed by atoms with van der Waals surface area (Å²) in [6.45, 7) is 6.32. The molecular weight excluding hydrogens is 414 g/mol. The second-order valence-corrected chi connectivity index (χ2v) is 8.29. The summed E-state index contributed by atoms with van der Waals surface area (Å²) in [5.41, 5.74) is 1.59. The van der Waals surface area contributed by atoms with Crippen LogP contribution in [0.4, 0.5) is 0 Å². The molecule has 0 spiro atoms. The summed E-state index contributed by atoms with van der Waals surface area (Å²) >= 11 is 1.61. The largest absolute Gasteiger partial charge is 0.490 e. The van der Waals surface area contributed by atoms with Crippen molar-refractivity contribution in [1.82, 2.24) is 15.0 Å². The zero-order valence-electron chi connectivity index (χ0n) is 17.9. The van der Waals surface area contributed by atoms with Gasteiger partial charge >= 0.3 is 0 Å². The van der Waals surface area contributed by atoms with Crippen molar-refractivity contribution in [2.75, 3.05) is 26.3 Å². The number of benzene rings is 1. The Morgan fingerprint density at radius 3 is 2.84 bits per heavy atom. The van der Waals surface area contributed by atoms with Crippen LogP contribution >= 0.6 is 11.3 Å². The van der Waals surface area contributed by atoms with E-state index in [1.165, 1.54) is 0 Å². The molecule has 2 aromatic heterocycles. The molecule has 1 amide bonds. The second-order valence-electron chi connectivity index (χ2n) is 7.51. The topological polar surface area (TPSA) is 77.7 Å². The van der Waals surface area contributed by atoms with Crippen LogP contribution < -0.4 is 9.47 Å². The molecule has 0 saturated carbocycles. The number of thiophene rings is 1. The summed E-state index contributed by atoms with van der Waals surface area (Å²) in [6.07, 6.45) is 2.67. The molecule has 3 heterocycles. The maximum Gasteiger partial charge on any atom is 0.254 e. The maximum absolute atomic E-state index is 13.2. The Hall–Kier alpha value is -2.87. The van der Waals surface area contributed by atoms with E-state index >= 15 is 0 Å². The number of amides is 1. The van der Waals surface area contributed by atoms with Gasteiger partial charge in [-0.05, 0) is 62.3 Å². The van der Waals surface area contributed by atoms with Crippen LogP contribution in [-0.4, -0.2) is 47.3 Å². The lowest BCUT2D eigenvalue weighted by molar-refractivity contribution is 0.0667. The minimum Gasteiger partial charge on any atom is -0.490 e. The third-order valence-electron chi connectivity index (χ3n) is 5.31. The number of hydrogen-bond donors (Lipinski definition) is 0. The molecule has 31 heavy (non-hydrogen) atoms. The van der Waals surface area contributed by atoms with Gasteiger partial charge in [0.15, 0.2) is 11.5 Å². The molecular formula is C23H27N3O4S. The normalized spacial score (nSPS) is 16.3. The Labute approximate surface area is 186 Å². The number of piperidine rings is 1. The van der Waals surface area contributed by atoms with Gasteiger partial charge in [-0.15, -0.1) is 0 Å². The zero-order valence-corrected chi connectivity index (χ0v) is 18.7. The number of nitrogens with zero attached hydrogens (tertiary/aromatic N) is 3. The molecule has 1 fully saturated rings. The van der Waals surface area contributed by atoms with Gasteiger partial charge in [-0.1, -0.05) is 5.16 Å². The van der Waals surface area contributed by atoms with Crippen LogP contribution in [0.1, 0.15) is 42.9 Å². The van der Waals surface area contributed by atoms with Crippen LogP contribution in [0.25, 0.3) is 11.4 Å². The number of hydrogen-bond acceptors (Lipinski definition) is 7. The number of likely N-dealkylation sites (tertiary alicyclic amines) is 1. The zero-order chi connectivity index (χ0) is 21.6. The maximum atomic E-state index is 13.2. The molecule has 1 atom stereocenters. The molecule has 4 rings (SSSR count). The van der Waals surface area contributed by atoms with Crippen molar-refractivity contribution < 1.29 is 18.8 Å². The van der Waals surface area contributed by atoms with E-state index in [1.807, 2.05) is 47.7 Å². The SMILES string of the molecule is CCOc1ccc(C(=O)N2CCCC(Cc3nc(-c4ccsc4)no3)C2)cc1OCC. The fourth-order valence-electron chi connectivity index (χ4n) is 3.88. The van der Waals surface area contributed by atoms with E-state index in [1.54, 1.807) is 17.4 Å². The molecule has 164 valence electrons. The molecule has 1 unspecified atom stereocenters. The average Bonchev–Trinajstić information content (AvgIpc) is 3.47. The van der Waals surface area contributed by atoms with E-state index in [9.17, 15) is 4.79 Å². The molecule has 8 heteroatoms. The van der Waals surface area contributed by atoms with Gasteiger partial charge in [0, 0.05) is 36.0 Å². The predicted octanol–water partition coefficient (Wildman–Crippen LogP) is 4.69. The van der Waals surface area contributed by atoms with E-state index in [4.69, 9.17) is 14.0 Å². The first-order chi connectivity index (χ1) is 15.2. The third kappa shape index (κ3) is 5.07. The number of ether oxygens (including phenoxy) is 2. The minimum atomic E-state index is 0.0122. The lowest BCUT2D eigenvalue weighted by atomic mass is 9.94. The van der Waals surface area contributed by atoms with Crippen molar-refractivity contribution in [3.8, 4) is 22.9 Å². The molecule has 0 radical (unpaired) electrons. The Morgan fingerprint density at radius 1 is 1.23 bits per heavy atom. The lowest BCUT2D eigenvalue weighted by Gasteiger charge is -2.32. The average molecular weight is 442 g/mol. The highest BCUT2D eigenvalue weighted by molar-refractivity contribution is 7.08. The molecule has 0 N–H and O–H groups in total. The van der Waals surface area contributed by atoms with E-state index in [-0.39, 0.29) is 5.91 Å². The van der Waals surface area contributed by atoms with Gasteiger partial charge in [0.05, 0.1) is 13.2 Å². The van der Waals surface area contributed by atoms with Crippen molar-refractivity contribution in [3.63, 3.8) is 0 Å². The molecule has 0 aliphatic carbocycles. The number of carbonyl (C=O) groups is 1. The number of aromatic nitrogens is 2. The summed E-state index contributed by atoms with van der Waals surface area (Å²) in [5.74, 6) is 2.82. The first-order valence-electron chi connectivity index (χ1n) is 10.7. The molecule has 1 saturated heterocycles. The van der Waals surface area contributed by atoms with Crippen molar-refractivity contribution in [1.29, 1.82) is 0 Å². The van der Waals surface area contributed by atoms with Crippen molar-refractivity contribution in [2.24, 2.45) is 5.92 Å². The van der Waals surface area contributed by atoms with Crippen LogP contribution in [0.2, 0.25) is 0 Å².